The van der Waals surface area contributed by atoms with Crippen molar-refractivity contribution in [2.24, 2.45) is 0 Å². The summed E-state index contributed by atoms with van der Waals surface area (Å²) < 4.78 is 0. The average Bonchev–Trinajstić information content (AvgIpc) is 2.62. The second-order valence-electron chi connectivity index (χ2n) is 5.27. The maximum atomic E-state index is 4.46. The van der Waals surface area contributed by atoms with Gasteiger partial charge in [-0.1, -0.05) is 32.6 Å². The molecule has 0 spiro atoms. The van der Waals surface area contributed by atoms with Gasteiger partial charge in [0, 0.05) is 17.9 Å². The normalized spacial score (nSPS) is 20.1. The second-order valence-corrected chi connectivity index (χ2v) is 5.27. The van der Waals surface area contributed by atoms with E-state index in [-0.39, 0.29) is 0 Å². The average molecular weight is 235 g/mol. The molecule has 0 aromatic carbocycles. The molecule has 2 N–H and O–H groups in total. The van der Waals surface area contributed by atoms with Gasteiger partial charge in [0.2, 0.25) is 0 Å². The van der Waals surface area contributed by atoms with E-state index >= 15 is 0 Å². The molecule has 1 saturated carbocycles. The van der Waals surface area contributed by atoms with Gasteiger partial charge >= 0.3 is 0 Å². The van der Waals surface area contributed by atoms with Crippen LogP contribution >= 0.6 is 0 Å². The zero-order chi connectivity index (χ0) is 12.1. The number of imidazole rings is 1. The monoisotopic (exact) mass is 235 g/mol. The molecule has 1 aromatic heterocycles. The van der Waals surface area contributed by atoms with Gasteiger partial charge < -0.3 is 10.3 Å². The van der Waals surface area contributed by atoms with Gasteiger partial charge in [0.25, 0.3) is 0 Å². The van der Waals surface area contributed by atoms with Crippen molar-refractivity contribution in [3.63, 3.8) is 0 Å². The minimum atomic E-state index is 0.395. The molecule has 0 aliphatic heterocycles. The predicted molar refractivity (Wildman–Crippen MR) is 71.0 cm³/mol. The van der Waals surface area contributed by atoms with Gasteiger partial charge in [-0.3, -0.25) is 0 Å². The van der Waals surface area contributed by atoms with Crippen molar-refractivity contribution >= 4 is 0 Å². The number of nitrogens with one attached hydrogen (secondary N) is 2. The Labute approximate surface area is 104 Å². The first kappa shape index (κ1) is 12.6. The van der Waals surface area contributed by atoms with Crippen molar-refractivity contribution in [3.05, 3.63) is 17.7 Å². The molecule has 1 aliphatic carbocycles. The predicted octanol–water partition coefficient (Wildman–Crippen LogP) is 3.48. The van der Waals surface area contributed by atoms with Gasteiger partial charge in [-0.15, -0.1) is 0 Å². The molecule has 0 amide bonds. The van der Waals surface area contributed by atoms with Gasteiger partial charge in [-0.2, -0.15) is 0 Å². The summed E-state index contributed by atoms with van der Waals surface area (Å²) in [4.78, 5) is 7.82. The molecule has 3 heteroatoms. The third-order valence-electron chi connectivity index (χ3n) is 3.75. The Balaban J connectivity index is 1.94. The molecule has 3 nitrogen and oxygen atoms in total. The summed E-state index contributed by atoms with van der Waals surface area (Å²) in [6.45, 7) is 4.29. The third-order valence-corrected chi connectivity index (χ3v) is 3.75. The van der Waals surface area contributed by atoms with E-state index in [2.05, 4.69) is 29.1 Å². The maximum Gasteiger partial charge on any atom is 0.123 e. The molecule has 1 atom stereocenters. The Bertz CT molecular complexity index is 324. The van der Waals surface area contributed by atoms with Crippen LogP contribution in [0.4, 0.5) is 0 Å². The molecule has 1 aromatic rings. The van der Waals surface area contributed by atoms with E-state index in [9.17, 15) is 0 Å². The van der Waals surface area contributed by atoms with Crippen molar-refractivity contribution in [3.8, 4) is 0 Å². The molecule has 0 radical (unpaired) electrons. The Morgan fingerprint density at radius 2 is 2.06 bits per heavy atom. The van der Waals surface area contributed by atoms with Crippen LogP contribution in [0.15, 0.2) is 6.20 Å². The highest BCUT2D eigenvalue weighted by atomic mass is 15.0. The molecule has 1 aliphatic rings. The Kier molecular flexibility index (Phi) is 4.60. The highest BCUT2D eigenvalue weighted by molar-refractivity contribution is 5.03. The smallest absolute Gasteiger partial charge is 0.123 e. The number of aromatic nitrogens is 2. The molecular formula is C14H25N3. The second kappa shape index (κ2) is 6.20. The number of aromatic amines is 1. The Hall–Kier alpha value is -0.830. The maximum absolute atomic E-state index is 4.46. The highest BCUT2D eigenvalue weighted by Gasteiger charge is 2.18. The molecule has 0 saturated heterocycles. The van der Waals surface area contributed by atoms with E-state index in [1.807, 2.05) is 6.20 Å². The van der Waals surface area contributed by atoms with Crippen LogP contribution in [0.25, 0.3) is 0 Å². The fourth-order valence-corrected chi connectivity index (χ4v) is 2.73. The summed E-state index contributed by atoms with van der Waals surface area (Å²) in [5.41, 5.74) is 1.15. The zero-order valence-electron chi connectivity index (χ0n) is 11.1. The standard InChI is InChI=1S/C14H25N3/c1-3-13(14-15-10-11(2)16-14)17-12-8-6-4-5-7-9-12/h10,12-13,17H,3-9H2,1-2H3,(H,15,16)/t13-/m0/s1. The summed E-state index contributed by atoms with van der Waals surface area (Å²) in [6.07, 6.45) is 11.3. The van der Waals surface area contributed by atoms with Gasteiger partial charge in [-0.25, -0.2) is 4.98 Å². The third kappa shape index (κ3) is 3.56. The lowest BCUT2D eigenvalue weighted by Gasteiger charge is -2.22. The fraction of sp³-hybridized carbons (Fsp3) is 0.786. The number of aryl methyl sites for hydroxylation is 1. The molecule has 0 unspecified atom stereocenters. The minimum Gasteiger partial charge on any atom is -0.345 e. The number of hydrogen-bond acceptors (Lipinski definition) is 2. The summed E-state index contributed by atoms with van der Waals surface area (Å²) in [5, 5.41) is 3.78. The van der Waals surface area contributed by atoms with Crippen molar-refractivity contribution in [2.75, 3.05) is 0 Å². The van der Waals surface area contributed by atoms with E-state index in [4.69, 9.17) is 0 Å². The van der Waals surface area contributed by atoms with Crippen LogP contribution < -0.4 is 5.32 Å². The van der Waals surface area contributed by atoms with Crippen molar-refractivity contribution < 1.29 is 0 Å². The summed E-state index contributed by atoms with van der Waals surface area (Å²) in [5.74, 6) is 1.11. The topological polar surface area (TPSA) is 40.7 Å². The van der Waals surface area contributed by atoms with Crippen LogP contribution in [0.3, 0.4) is 0 Å². The van der Waals surface area contributed by atoms with Gasteiger partial charge in [0.15, 0.2) is 0 Å². The summed E-state index contributed by atoms with van der Waals surface area (Å²) in [6, 6.07) is 1.08. The first-order valence-corrected chi connectivity index (χ1v) is 7.07. The fourth-order valence-electron chi connectivity index (χ4n) is 2.73. The lowest BCUT2D eigenvalue weighted by atomic mass is 10.1. The molecule has 2 rings (SSSR count). The van der Waals surface area contributed by atoms with Crippen LogP contribution in [-0.2, 0) is 0 Å². The van der Waals surface area contributed by atoms with Crippen LogP contribution in [0, 0.1) is 6.92 Å². The highest BCUT2D eigenvalue weighted by Crippen LogP contribution is 2.21. The summed E-state index contributed by atoms with van der Waals surface area (Å²) >= 11 is 0. The van der Waals surface area contributed by atoms with Crippen LogP contribution in [-0.4, -0.2) is 16.0 Å². The molecule has 0 bridgehead atoms. The van der Waals surface area contributed by atoms with Crippen molar-refractivity contribution in [2.45, 2.75) is 70.9 Å². The van der Waals surface area contributed by atoms with Gasteiger partial charge in [0.05, 0.1) is 6.04 Å². The van der Waals surface area contributed by atoms with Gasteiger partial charge in [0.1, 0.15) is 5.82 Å². The first-order valence-electron chi connectivity index (χ1n) is 7.07. The van der Waals surface area contributed by atoms with Crippen molar-refractivity contribution in [1.82, 2.24) is 15.3 Å². The quantitative estimate of drug-likeness (QED) is 0.784. The van der Waals surface area contributed by atoms with E-state index in [0.29, 0.717) is 12.1 Å². The largest absolute Gasteiger partial charge is 0.345 e. The van der Waals surface area contributed by atoms with Crippen LogP contribution in [0.1, 0.15) is 69.4 Å². The first-order chi connectivity index (χ1) is 8.29. The number of hydrogen-bond donors (Lipinski definition) is 2. The SMILES string of the molecule is CC[C@H](NC1CCCCCC1)c1ncc(C)[nH]1. The van der Waals surface area contributed by atoms with Crippen molar-refractivity contribution in [1.29, 1.82) is 0 Å². The van der Waals surface area contributed by atoms with E-state index in [1.165, 1.54) is 38.5 Å². The minimum absolute atomic E-state index is 0.395. The number of nitrogens with zero attached hydrogens (tertiary/aromatic N) is 1. The van der Waals surface area contributed by atoms with Gasteiger partial charge in [-0.05, 0) is 26.2 Å². The number of rotatable bonds is 4. The van der Waals surface area contributed by atoms with E-state index in [0.717, 1.165) is 17.9 Å². The van der Waals surface area contributed by atoms with Crippen LogP contribution in [0.2, 0.25) is 0 Å². The summed E-state index contributed by atoms with van der Waals surface area (Å²) in [7, 11) is 0. The zero-order valence-corrected chi connectivity index (χ0v) is 11.1. The lowest BCUT2D eigenvalue weighted by molar-refractivity contribution is 0.382. The van der Waals surface area contributed by atoms with E-state index < -0.39 is 0 Å². The molecular weight excluding hydrogens is 210 g/mol. The van der Waals surface area contributed by atoms with Crippen LogP contribution in [0.5, 0.6) is 0 Å². The molecule has 96 valence electrons. The molecule has 1 heterocycles. The molecule has 17 heavy (non-hydrogen) atoms. The number of H-pyrrole nitrogens is 1. The molecule has 1 fully saturated rings. The van der Waals surface area contributed by atoms with E-state index in [1.54, 1.807) is 0 Å². The lowest BCUT2D eigenvalue weighted by Crippen LogP contribution is -2.32. The Morgan fingerprint density at radius 1 is 1.35 bits per heavy atom. The Morgan fingerprint density at radius 3 is 2.59 bits per heavy atom.